The highest BCUT2D eigenvalue weighted by Crippen LogP contribution is 2.41. The third kappa shape index (κ3) is 4.58. The van der Waals surface area contributed by atoms with Crippen molar-refractivity contribution in [2.24, 2.45) is 0 Å². The van der Waals surface area contributed by atoms with E-state index in [2.05, 4.69) is 66.9 Å². The van der Waals surface area contributed by atoms with E-state index in [0.29, 0.717) is 16.1 Å². The van der Waals surface area contributed by atoms with Gasteiger partial charge in [0.2, 0.25) is 0 Å². The van der Waals surface area contributed by atoms with Crippen molar-refractivity contribution < 1.29 is 0 Å². The highest BCUT2D eigenvalue weighted by molar-refractivity contribution is 7.99. The molecule has 0 atom stereocenters. The zero-order valence-corrected chi connectivity index (χ0v) is 22.4. The van der Waals surface area contributed by atoms with Crippen LogP contribution in [0.3, 0.4) is 0 Å². The van der Waals surface area contributed by atoms with E-state index in [1.54, 1.807) is 0 Å². The van der Waals surface area contributed by atoms with Crippen LogP contribution in [0.25, 0.3) is 16.6 Å². The number of nitrogens with one attached hydrogen (secondary N) is 1. The van der Waals surface area contributed by atoms with Gasteiger partial charge in [0.05, 0.1) is 10.9 Å². The average Bonchev–Trinajstić information content (AvgIpc) is 3.49. The van der Waals surface area contributed by atoms with E-state index in [-0.39, 0.29) is 5.56 Å². The van der Waals surface area contributed by atoms with Crippen LogP contribution < -0.4 is 10.5 Å². The molecule has 4 heterocycles. The number of aromatic nitrogens is 4. The van der Waals surface area contributed by atoms with Crippen LogP contribution in [-0.2, 0) is 0 Å². The molecular formula is C29H33N7OS. The Morgan fingerprint density at radius 2 is 1.76 bits per heavy atom. The first-order valence-corrected chi connectivity index (χ1v) is 14.5. The van der Waals surface area contributed by atoms with Crippen LogP contribution in [0, 0.1) is 0 Å². The summed E-state index contributed by atoms with van der Waals surface area (Å²) in [6.45, 7) is 11.5. The van der Waals surface area contributed by atoms with Crippen LogP contribution in [0.4, 0.5) is 5.69 Å². The molecule has 0 bridgehead atoms. The fourth-order valence-corrected chi connectivity index (χ4v) is 6.56. The van der Waals surface area contributed by atoms with Crippen LogP contribution >= 0.6 is 11.8 Å². The quantitative estimate of drug-likeness (QED) is 0.384. The Morgan fingerprint density at radius 1 is 1.00 bits per heavy atom. The van der Waals surface area contributed by atoms with Gasteiger partial charge in [-0.1, -0.05) is 30.5 Å². The van der Waals surface area contributed by atoms with Crippen molar-refractivity contribution in [3.63, 3.8) is 0 Å². The number of benzene rings is 2. The molecule has 38 heavy (non-hydrogen) atoms. The van der Waals surface area contributed by atoms with Gasteiger partial charge in [0.25, 0.3) is 5.56 Å². The largest absolute Gasteiger partial charge is 0.374 e. The Balaban J connectivity index is 1.10. The van der Waals surface area contributed by atoms with Gasteiger partial charge < -0.3 is 9.80 Å². The number of likely N-dealkylation sites (tertiary alicyclic amines) is 1. The van der Waals surface area contributed by atoms with Crippen LogP contribution in [-0.4, -0.2) is 75.4 Å². The van der Waals surface area contributed by atoms with Gasteiger partial charge in [0.15, 0.2) is 10.7 Å². The van der Waals surface area contributed by atoms with E-state index in [1.807, 2.05) is 16.6 Å². The molecule has 2 saturated heterocycles. The number of anilines is 1. The number of fused-ring (bicyclic) bond motifs is 3. The fourth-order valence-electron chi connectivity index (χ4n) is 5.75. The highest BCUT2D eigenvalue weighted by Gasteiger charge is 2.24. The molecule has 3 aliphatic rings. The zero-order chi connectivity index (χ0) is 25.6. The molecule has 1 saturated carbocycles. The van der Waals surface area contributed by atoms with Crippen molar-refractivity contribution in [3.05, 3.63) is 70.7 Å². The molecule has 196 valence electrons. The topological polar surface area (TPSA) is 72.8 Å². The van der Waals surface area contributed by atoms with Gasteiger partial charge in [0, 0.05) is 62.1 Å². The predicted molar refractivity (Wildman–Crippen MR) is 152 cm³/mol. The van der Waals surface area contributed by atoms with Crippen LogP contribution in [0.15, 0.2) is 69.5 Å². The maximum absolute atomic E-state index is 13.0. The normalized spacial score (nSPS) is 18.6. The smallest absolute Gasteiger partial charge is 0.281 e. The molecule has 0 spiro atoms. The molecule has 2 aliphatic heterocycles. The molecule has 3 fully saturated rings. The maximum atomic E-state index is 13.0. The standard InChI is InChI=1S/C29H33N7OS/c1-20(34-12-2-3-13-34)19-33-14-16-35(17-15-33)23-8-11-25-26(18-23)36-27(30-28(25)37)29(31-32-36)38-24-9-6-22(7-10-24)21-4-5-21/h6-11,18,21,32H,1-5,12-17,19H2. The van der Waals surface area contributed by atoms with Crippen molar-refractivity contribution in [1.82, 2.24) is 29.6 Å². The number of aromatic amines is 1. The lowest BCUT2D eigenvalue weighted by Gasteiger charge is -2.37. The summed E-state index contributed by atoms with van der Waals surface area (Å²) in [5.74, 6) is 0.735. The molecule has 9 heteroatoms. The van der Waals surface area contributed by atoms with Gasteiger partial charge in [-0.3, -0.25) is 9.69 Å². The first-order valence-electron chi connectivity index (χ1n) is 13.7. The predicted octanol–water partition coefficient (Wildman–Crippen LogP) is 4.33. The maximum Gasteiger partial charge on any atom is 0.281 e. The molecule has 8 nitrogen and oxygen atoms in total. The SMILES string of the molecule is C=C(CN1CCN(c2ccc3c(=O)nc4c(Sc5ccc(C6CC6)cc5)n[nH]n4c3c2)CC1)N1CCCC1. The number of piperazine rings is 1. The van der Waals surface area contributed by atoms with Crippen molar-refractivity contribution in [1.29, 1.82) is 0 Å². The number of nitrogens with zero attached hydrogens (tertiary/aromatic N) is 6. The van der Waals surface area contributed by atoms with Crippen molar-refractivity contribution in [2.45, 2.75) is 41.5 Å². The lowest BCUT2D eigenvalue weighted by Crippen LogP contribution is -2.47. The third-order valence-electron chi connectivity index (χ3n) is 8.15. The molecule has 1 N–H and O–H groups in total. The van der Waals surface area contributed by atoms with Crippen LogP contribution in [0.2, 0.25) is 0 Å². The van der Waals surface area contributed by atoms with E-state index in [4.69, 9.17) is 0 Å². The summed E-state index contributed by atoms with van der Waals surface area (Å²) in [6.07, 6.45) is 5.15. The second-order valence-corrected chi connectivity index (χ2v) is 11.8. The molecule has 1 aliphatic carbocycles. The van der Waals surface area contributed by atoms with E-state index in [0.717, 1.165) is 67.8 Å². The molecule has 0 unspecified atom stereocenters. The van der Waals surface area contributed by atoms with Gasteiger partial charge in [0.1, 0.15) is 0 Å². The van der Waals surface area contributed by atoms with Gasteiger partial charge >= 0.3 is 0 Å². The average molecular weight is 528 g/mol. The molecule has 4 aromatic rings. The van der Waals surface area contributed by atoms with Crippen molar-refractivity contribution in [2.75, 3.05) is 50.7 Å². The lowest BCUT2D eigenvalue weighted by atomic mass is 10.1. The van der Waals surface area contributed by atoms with Crippen molar-refractivity contribution >= 4 is 34.0 Å². The first-order chi connectivity index (χ1) is 18.6. The fraction of sp³-hybridized carbons (Fsp3) is 0.414. The summed E-state index contributed by atoms with van der Waals surface area (Å²) >= 11 is 1.54. The summed E-state index contributed by atoms with van der Waals surface area (Å²) in [5, 5.41) is 8.94. The molecule has 7 rings (SSSR count). The first kappa shape index (κ1) is 23.8. The molecule has 2 aromatic carbocycles. The summed E-state index contributed by atoms with van der Waals surface area (Å²) in [6, 6.07) is 14.7. The number of rotatable bonds is 7. The minimum Gasteiger partial charge on any atom is -0.374 e. The number of H-pyrrole nitrogens is 1. The third-order valence-corrected chi connectivity index (χ3v) is 9.13. The van der Waals surface area contributed by atoms with Gasteiger partial charge in [-0.15, -0.1) is 5.10 Å². The Bertz CT molecular complexity index is 1540. The van der Waals surface area contributed by atoms with E-state index >= 15 is 0 Å². The van der Waals surface area contributed by atoms with E-state index in [9.17, 15) is 4.79 Å². The Morgan fingerprint density at radius 3 is 2.50 bits per heavy atom. The van der Waals surface area contributed by atoms with Crippen molar-refractivity contribution in [3.8, 4) is 0 Å². The summed E-state index contributed by atoms with van der Waals surface area (Å²) in [7, 11) is 0. The highest BCUT2D eigenvalue weighted by atomic mass is 32.2. The second kappa shape index (κ2) is 9.78. The second-order valence-electron chi connectivity index (χ2n) is 10.8. The number of hydrogen-bond donors (Lipinski definition) is 1. The molecule has 0 amide bonds. The minimum absolute atomic E-state index is 0.218. The van der Waals surface area contributed by atoms with Gasteiger partial charge in [-0.25, -0.2) is 9.73 Å². The number of hydrogen-bond acceptors (Lipinski definition) is 7. The lowest BCUT2D eigenvalue weighted by molar-refractivity contribution is 0.251. The monoisotopic (exact) mass is 527 g/mol. The van der Waals surface area contributed by atoms with E-state index < -0.39 is 0 Å². The molecule has 0 radical (unpaired) electrons. The summed E-state index contributed by atoms with van der Waals surface area (Å²) in [5.41, 5.74) is 4.94. The Labute approximate surface area is 226 Å². The molecular weight excluding hydrogens is 494 g/mol. The summed E-state index contributed by atoms with van der Waals surface area (Å²) < 4.78 is 1.84. The Kier molecular flexibility index (Phi) is 6.12. The van der Waals surface area contributed by atoms with Crippen LogP contribution in [0.1, 0.15) is 37.2 Å². The molecule has 2 aromatic heterocycles. The summed E-state index contributed by atoms with van der Waals surface area (Å²) in [4.78, 5) is 25.8. The minimum atomic E-state index is -0.218. The zero-order valence-electron chi connectivity index (χ0n) is 21.6. The van der Waals surface area contributed by atoms with Crippen LogP contribution in [0.5, 0.6) is 0 Å². The van der Waals surface area contributed by atoms with Gasteiger partial charge in [-0.2, -0.15) is 4.98 Å². The van der Waals surface area contributed by atoms with Gasteiger partial charge in [-0.05, 0) is 67.5 Å². The van der Waals surface area contributed by atoms with E-state index in [1.165, 1.54) is 48.7 Å². The Hall–Kier alpha value is -3.30.